The maximum Gasteiger partial charge on any atom is 0.231 e. The van der Waals surface area contributed by atoms with E-state index >= 15 is 0 Å². The fraction of sp³-hybridized carbons (Fsp3) is 0.545. The van der Waals surface area contributed by atoms with Gasteiger partial charge in [0.05, 0.1) is 22.7 Å². The van der Waals surface area contributed by atoms with Crippen LogP contribution in [-0.2, 0) is 4.79 Å². The van der Waals surface area contributed by atoms with Gasteiger partial charge in [0.1, 0.15) is 0 Å². The van der Waals surface area contributed by atoms with Crippen molar-refractivity contribution in [1.82, 2.24) is 10.3 Å². The number of hydrogen-bond acceptors (Lipinski definition) is 5. The third kappa shape index (κ3) is 3.19. The van der Waals surface area contributed by atoms with Crippen LogP contribution in [0.15, 0.2) is 5.16 Å². The Bertz CT molecular complexity index is 470. The van der Waals surface area contributed by atoms with Crippen LogP contribution in [0.2, 0.25) is 0 Å². The van der Waals surface area contributed by atoms with E-state index in [0.717, 1.165) is 15.6 Å². The van der Waals surface area contributed by atoms with Crippen molar-refractivity contribution in [2.45, 2.75) is 33.7 Å². The molecule has 7 heteroatoms. The Hall–Kier alpha value is -1.63. The molecule has 4 N–H and O–H groups in total. The Morgan fingerprint density at radius 1 is 1.50 bits per heavy atom. The molecule has 0 bridgehead atoms. The van der Waals surface area contributed by atoms with Gasteiger partial charge in [-0.25, -0.2) is 4.98 Å². The highest BCUT2D eigenvalue weighted by Crippen LogP contribution is 2.24. The third-order valence-electron chi connectivity index (χ3n) is 2.64. The van der Waals surface area contributed by atoms with Gasteiger partial charge < -0.3 is 16.3 Å². The monoisotopic (exact) mass is 270 g/mol. The summed E-state index contributed by atoms with van der Waals surface area (Å²) in [5, 5.41) is 15.2. The average Bonchev–Trinajstić information content (AvgIpc) is 2.66. The van der Waals surface area contributed by atoms with E-state index < -0.39 is 5.92 Å². The number of aryl methyl sites for hydroxylation is 2. The number of amides is 1. The van der Waals surface area contributed by atoms with Gasteiger partial charge in [-0.05, 0) is 27.7 Å². The van der Waals surface area contributed by atoms with Crippen molar-refractivity contribution in [1.29, 1.82) is 0 Å². The van der Waals surface area contributed by atoms with Crippen LogP contribution in [0, 0.1) is 19.8 Å². The SMILES string of the molecule is Cc1nc(C)c(C(C)NC(=O)C(C)C(N)=NO)s1. The van der Waals surface area contributed by atoms with E-state index in [4.69, 9.17) is 10.9 Å². The van der Waals surface area contributed by atoms with Crippen LogP contribution in [0.4, 0.5) is 0 Å². The molecule has 6 nitrogen and oxygen atoms in total. The zero-order valence-electron chi connectivity index (χ0n) is 10.9. The first kappa shape index (κ1) is 14.4. The summed E-state index contributed by atoms with van der Waals surface area (Å²) in [6, 6.07) is -0.141. The second-order valence-electron chi connectivity index (χ2n) is 4.16. The van der Waals surface area contributed by atoms with Gasteiger partial charge in [0.25, 0.3) is 0 Å². The predicted molar refractivity (Wildman–Crippen MR) is 70.7 cm³/mol. The number of amidine groups is 1. The quantitative estimate of drug-likeness (QED) is 0.332. The van der Waals surface area contributed by atoms with Crippen LogP contribution in [-0.4, -0.2) is 21.9 Å². The Morgan fingerprint density at radius 2 is 2.11 bits per heavy atom. The molecule has 0 spiro atoms. The fourth-order valence-corrected chi connectivity index (χ4v) is 2.50. The number of carbonyl (C=O) groups excluding carboxylic acids is 1. The topological polar surface area (TPSA) is 101 Å². The van der Waals surface area contributed by atoms with Crippen molar-refractivity contribution >= 4 is 23.1 Å². The molecule has 0 aliphatic carbocycles. The summed E-state index contributed by atoms with van der Waals surface area (Å²) < 4.78 is 0. The van der Waals surface area contributed by atoms with Crippen molar-refractivity contribution < 1.29 is 10.0 Å². The molecular formula is C11H18N4O2S. The number of thiazole rings is 1. The lowest BCUT2D eigenvalue weighted by Crippen LogP contribution is -2.38. The van der Waals surface area contributed by atoms with Crippen molar-refractivity contribution in [2.75, 3.05) is 0 Å². The second-order valence-corrected chi connectivity index (χ2v) is 5.39. The van der Waals surface area contributed by atoms with Gasteiger partial charge in [0, 0.05) is 4.88 Å². The number of nitrogens with zero attached hydrogens (tertiary/aromatic N) is 2. The average molecular weight is 270 g/mol. The van der Waals surface area contributed by atoms with Crippen molar-refractivity contribution in [3.63, 3.8) is 0 Å². The predicted octanol–water partition coefficient (Wildman–Crippen LogP) is 1.32. The number of rotatable bonds is 4. The molecule has 1 amide bonds. The van der Waals surface area contributed by atoms with Crippen LogP contribution in [0.3, 0.4) is 0 Å². The van der Waals surface area contributed by atoms with Gasteiger partial charge in [-0.3, -0.25) is 4.79 Å². The number of nitrogens with two attached hydrogens (primary N) is 1. The minimum atomic E-state index is -0.660. The molecule has 100 valence electrons. The number of nitrogens with one attached hydrogen (secondary N) is 1. The molecule has 1 aromatic heterocycles. The Morgan fingerprint density at radius 3 is 2.56 bits per heavy atom. The van der Waals surface area contributed by atoms with E-state index in [0.29, 0.717) is 0 Å². The lowest BCUT2D eigenvalue weighted by Gasteiger charge is -2.16. The van der Waals surface area contributed by atoms with Gasteiger partial charge >= 0.3 is 0 Å². The summed E-state index contributed by atoms with van der Waals surface area (Å²) in [5.74, 6) is -1.04. The highest BCUT2D eigenvalue weighted by molar-refractivity contribution is 7.11. The van der Waals surface area contributed by atoms with E-state index in [1.807, 2.05) is 20.8 Å². The maximum absolute atomic E-state index is 11.8. The molecule has 0 aromatic carbocycles. The number of hydrogen-bond donors (Lipinski definition) is 3. The van der Waals surface area contributed by atoms with E-state index in [9.17, 15) is 4.79 Å². The first-order valence-corrected chi connectivity index (χ1v) is 6.40. The second kappa shape index (κ2) is 5.81. The number of carbonyl (C=O) groups is 1. The van der Waals surface area contributed by atoms with Gasteiger partial charge in [0.2, 0.25) is 5.91 Å². The van der Waals surface area contributed by atoms with Crippen LogP contribution in [0.1, 0.15) is 35.5 Å². The minimum Gasteiger partial charge on any atom is -0.409 e. The zero-order valence-corrected chi connectivity index (χ0v) is 11.7. The van der Waals surface area contributed by atoms with Crippen LogP contribution >= 0.6 is 11.3 Å². The van der Waals surface area contributed by atoms with E-state index in [1.165, 1.54) is 0 Å². The van der Waals surface area contributed by atoms with Crippen molar-refractivity contribution in [3.8, 4) is 0 Å². The smallest absolute Gasteiger partial charge is 0.231 e. The van der Waals surface area contributed by atoms with Crippen molar-refractivity contribution in [3.05, 3.63) is 15.6 Å². The van der Waals surface area contributed by atoms with Gasteiger partial charge in [-0.1, -0.05) is 5.16 Å². The largest absolute Gasteiger partial charge is 0.409 e. The molecule has 0 radical (unpaired) electrons. The highest BCUT2D eigenvalue weighted by Gasteiger charge is 2.21. The molecule has 18 heavy (non-hydrogen) atoms. The lowest BCUT2D eigenvalue weighted by molar-refractivity contribution is -0.123. The normalized spacial score (nSPS) is 15.2. The molecule has 0 aliphatic rings. The number of oxime groups is 1. The van der Waals surface area contributed by atoms with Crippen molar-refractivity contribution in [2.24, 2.45) is 16.8 Å². The molecule has 1 aromatic rings. The zero-order chi connectivity index (χ0) is 13.9. The molecule has 0 fully saturated rings. The van der Waals surface area contributed by atoms with Crippen LogP contribution in [0.5, 0.6) is 0 Å². The molecule has 0 saturated carbocycles. The molecule has 2 atom stereocenters. The maximum atomic E-state index is 11.8. The molecule has 2 unspecified atom stereocenters. The Kier molecular flexibility index (Phi) is 4.66. The molecule has 0 saturated heterocycles. The molecular weight excluding hydrogens is 252 g/mol. The molecule has 1 rings (SSSR count). The first-order chi connectivity index (χ1) is 8.36. The molecule has 1 heterocycles. The summed E-state index contributed by atoms with van der Waals surface area (Å²) >= 11 is 1.55. The highest BCUT2D eigenvalue weighted by atomic mass is 32.1. The number of aromatic nitrogens is 1. The van der Waals surface area contributed by atoms with Crippen LogP contribution in [0.25, 0.3) is 0 Å². The van der Waals surface area contributed by atoms with E-state index in [2.05, 4.69) is 15.5 Å². The fourth-order valence-electron chi connectivity index (χ4n) is 1.57. The Labute approximate surface area is 110 Å². The van der Waals surface area contributed by atoms with Gasteiger partial charge in [-0.15, -0.1) is 11.3 Å². The Balaban J connectivity index is 2.74. The van der Waals surface area contributed by atoms with Gasteiger partial charge in [-0.2, -0.15) is 0 Å². The first-order valence-electron chi connectivity index (χ1n) is 5.58. The summed E-state index contributed by atoms with van der Waals surface area (Å²) in [5.41, 5.74) is 6.31. The summed E-state index contributed by atoms with van der Waals surface area (Å²) in [6.45, 7) is 7.31. The summed E-state index contributed by atoms with van der Waals surface area (Å²) in [7, 11) is 0. The lowest BCUT2D eigenvalue weighted by atomic mass is 10.1. The minimum absolute atomic E-state index is 0.100. The van der Waals surface area contributed by atoms with E-state index in [1.54, 1.807) is 18.3 Å². The van der Waals surface area contributed by atoms with Gasteiger partial charge in [0.15, 0.2) is 5.84 Å². The standard InChI is InChI=1S/C11H18N4O2S/c1-5(10(12)15-17)11(16)14-7(3)9-6(2)13-8(4)18-9/h5,7,17H,1-4H3,(H2,12,15)(H,14,16). The van der Waals surface area contributed by atoms with Crippen LogP contribution < -0.4 is 11.1 Å². The van der Waals surface area contributed by atoms with E-state index in [-0.39, 0.29) is 17.8 Å². The third-order valence-corrected chi connectivity index (χ3v) is 3.90. The summed E-state index contributed by atoms with van der Waals surface area (Å²) in [6.07, 6.45) is 0. The summed E-state index contributed by atoms with van der Waals surface area (Å²) in [4.78, 5) is 17.2. The molecule has 0 aliphatic heterocycles.